The highest BCUT2D eigenvalue weighted by molar-refractivity contribution is 7.26. The first kappa shape index (κ1) is 40.4. The van der Waals surface area contributed by atoms with E-state index in [9.17, 15) is 0 Å². The molecule has 4 heterocycles. The van der Waals surface area contributed by atoms with Gasteiger partial charge in [-0.2, -0.15) is 0 Å². The van der Waals surface area contributed by atoms with Crippen molar-refractivity contribution in [2.45, 2.75) is 20.8 Å². The molecule has 0 saturated heterocycles. The van der Waals surface area contributed by atoms with E-state index in [0.29, 0.717) is 5.82 Å². The summed E-state index contributed by atoms with van der Waals surface area (Å²) in [7, 11) is 0. The van der Waals surface area contributed by atoms with E-state index in [1.165, 1.54) is 32.1 Å². The van der Waals surface area contributed by atoms with Gasteiger partial charge in [0.2, 0.25) is 0 Å². The molecule has 0 aliphatic rings. The Labute approximate surface area is 394 Å². The van der Waals surface area contributed by atoms with Gasteiger partial charge in [-0.15, -0.1) is 11.3 Å². The molecule has 0 radical (unpaired) electrons. The number of rotatable bonds is 8. The molecule has 0 spiro atoms. The zero-order chi connectivity index (χ0) is 45.2. The molecule has 4 nitrogen and oxygen atoms in total. The highest BCUT2D eigenvalue weighted by Gasteiger charge is 2.25. The molecule has 0 aliphatic heterocycles. The Bertz CT molecular complexity index is 3790. The van der Waals surface area contributed by atoms with Crippen molar-refractivity contribution in [2.75, 3.05) is 0 Å². The lowest BCUT2D eigenvalue weighted by atomic mass is 9.85. The quantitative estimate of drug-likeness (QED) is 0.143. The highest BCUT2D eigenvalue weighted by Crippen LogP contribution is 2.46. The summed E-state index contributed by atoms with van der Waals surface area (Å²) in [5.74, 6) is 0.709. The molecule has 0 bridgehead atoms. The van der Waals surface area contributed by atoms with E-state index >= 15 is 0 Å². The summed E-state index contributed by atoms with van der Waals surface area (Å²) in [6.07, 6.45) is 6.68. The molecule has 0 unspecified atom stereocenters. The van der Waals surface area contributed by atoms with Crippen molar-refractivity contribution in [3.05, 3.63) is 224 Å². The number of hydrogen-bond donors (Lipinski definition) is 0. The van der Waals surface area contributed by atoms with Gasteiger partial charge in [-0.25, -0.2) is 9.97 Å². The molecule has 0 N–H and O–H groups in total. The second kappa shape index (κ2) is 16.1. The van der Waals surface area contributed by atoms with Crippen molar-refractivity contribution >= 4 is 70.4 Å². The van der Waals surface area contributed by atoms with Crippen molar-refractivity contribution in [3.63, 3.8) is 0 Å². The van der Waals surface area contributed by atoms with E-state index in [4.69, 9.17) is 9.97 Å². The van der Waals surface area contributed by atoms with Gasteiger partial charge < -0.3 is 9.13 Å². The van der Waals surface area contributed by atoms with Gasteiger partial charge in [0, 0.05) is 65.9 Å². The van der Waals surface area contributed by atoms with E-state index < -0.39 is 0 Å². The van der Waals surface area contributed by atoms with E-state index in [1.54, 1.807) is 11.3 Å². The van der Waals surface area contributed by atoms with Gasteiger partial charge >= 0.3 is 0 Å². The number of allylic oxidation sites excluding steroid dienone is 2. The van der Waals surface area contributed by atoms with Gasteiger partial charge in [-0.1, -0.05) is 185 Å². The molecule has 0 fully saturated rings. The van der Waals surface area contributed by atoms with E-state index in [0.717, 1.165) is 82.5 Å². The molecule has 8 aromatic carbocycles. The fourth-order valence-corrected chi connectivity index (χ4v) is 11.0. The van der Waals surface area contributed by atoms with Crippen molar-refractivity contribution in [1.82, 2.24) is 19.1 Å². The molecule has 4 aromatic heterocycles. The Balaban J connectivity index is 1.21. The van der Waals surface area contributed by atoms with Gasteiger partial charge in [-0.3, -0.25) is 0 Å². The third-order valence-electron chi connectivity index (χ3n) is 13.1. The van der Waals surface area contributed by atoms with E-state index in [1.807, 2.05) is 12.1 Å². The summed E-state index contributed by atoms with van der Waals surface area (Å²) < 4.78 is 7.12. The average Bonchev–Trinajstić information content (AvgIpc) is 4.04. The zero-order valence-electron chi connectivity index (χ0n) is 37.6. The van der Waals surface area contributed by atoms with Crippen LogP contribution < -0.4 is 0 Å². The standard InChI is InChI=1S/C62H46N4S/c1-5-45(62(2,3)4)35-44-39-65(55-38-46(33-34-47(44)55)66-53-30-18-15-27-48(53)49-28-16-19-31-54(49)66)59-51(40-21-9-6-10-22-40)36-43(37-52(59)41-23-11-7-12-24-41)57-60-58(50-29-17-20-32-56(50)67-60)64-61(63-57)42-25-13-8-14-26-42/h5-39H,1H2,2-4H3/b45-35+. The zero-order valence-corrected chi connectivity index (χ0v) is 38.4. The maximum Gasteiger partial charge on any atom is 0.160 e. The average molecular weight is 879 g/mol. The minimum atomic E-state index is -0.112. The summed E-state index contributed by atoms with van der Waals surface area (Å²) in [6, 6.07) is 69.7. The number of hydrogen-bond acceptors (Lipinski definition) is 3. The first-order valence-corrected chi connectivity index (χ1v) is 23.7. The molecule has 0 aliphatic carbocycles. The fraction of sp³-hybridized carbons (Fsp3) is 0.0645. The molecule has 12 rings (SSSR count). The SMILES string of the molecule is C=C/C(=C\c1cn(-c2c(-c3ccccc3)cc(-c3nc(-c4ccccc4)nc4c3sc3ccccc34)cc2-c2ccccc2)c2cc(-n3c4ccccc4c4ccccc43)ccc12)C(C)(C)C. The van der Waals surface area contributed by atoms with Gasteiger partial charge in [0.05, 0.1) is 38.1 Å². The summed E-state index contributed by atoms with van der Waals surface area (Å²) in [6.45, 7) is 11.1. The maximum absolute atomic E-state index is 5.49. The van der Waals surface area contributed by atoms with E-state index in [2.05, 4.69) is 237 Å². The van der Waals surface area contributed by atoms with Crippen molar-refractivity contribution in [3.8, 4) is 56.3 Å². The van der Waals surface area contributed by atoms with Crippen molar-refractivity contribution < 1.29 is 0 Å². The number of nitrogens with zero attached hydrogens (tertiary/aromatic N) is 4. The first-order valence-electron chi connectivity index (χ1n) is 22.8. The maximum atomic E-state index is 5.49. The van der Waals surface area contributed by atoms with Crippen LogP contribution in [0.4, 0.5) is 0 Å². The molecule has 0 amide bonds. The monoisotopic (exact) mass is 878 g/mol. The molecule has 0 atom stereocenters. The van der Waals surface area contributed by atoms with Crippen LogP contribution >= 0.6 is 11.3 Å². The van der Waals surface area contributed by atoms with Crippen LogP contribution in [0.1, 0.15) is 26.3 Å². The normalized spacial score (nSPS) is 12.3. The lowest BCUT2D eigenvalue weighted by Crippen LogP contribution is -2.06. The Morgan fingerprint density at radius 1 is 0.537 bits per heavy atom. The number of thiophene rings is 1. The predicted octanol–water partition coefficient (Wildman–Crippen LogP) is 17.2. The lowest BCUT2D eigenvalue weighted by molar-refractivity contribution is 0.521. The van der Waals surface area contributed by atoms with Gasteiger partial charge in [0.1, 0.15) is 0 Å². The molecule has 67 heavy (non-hydrogen) atoms. The molecule has 0 saturated carbocycles. The second-order valence-corrected chi connectivity index (χ2v) is 19.3. The Morgan fingerprint density at radius 2 is 1.09 bits per heavy atom. The Hall–Kier alpha value is -8.12. The van der Waals surface area contributed by atoms with Gasteiger partial charge in [0.15, 0.2) is 5.82 Å². The summed E-state index contributed by atoms with van der Waals surface area (Å²) in [4.78, 5) is 10.8. The second-order valence-electron chi connectivity index (χ2n) is 18.3. The van der Waals surface area contributed by atoms with Crippen molar-refractivity contribution in [2.24, 2.45) is 5.41 Å². The minimum Gasteiger partial charge on any atom is -0.315 e. The molecule has 320 valence electrons. The van der Waals surface area contributed by atoms with Crippen LogP contribution in [0.3, 0.4) is 0 Å². The van der Waals surface area contributed by atoms with Crippen molar-refractivity contribution in [1.29, 1.82) is 0 Å². The Morgan fingerprint density at radius 3 is 1.69 bits per heavy atom. The summed E-state index contributed by atoms with van der Waals surface area (Å²) in [5, 5.41) is 4.77. The lowest BCUT2D eigenvalue weighted by Gasteiger charge is -2.21. The number of para-hydroxylation sites is 2. The molecule has 12 aromatic rings. The van der Waals surface area contributed by atoms with Crippen LogP contribution in [0.25, 0.3) is 115 Å². The minimum absolute atomic E-state index is 0.112. The van der Waals surface area contributed by atoms with Gasteiger partial charge in [0.25, 0.3) is 0 Å². The first-order chi connectivity index (χ1) is 32.8. The topological polar surface area (TPSA) is 35.6 Å². The predicted molar refractivity (Wildman–Crippen MR) is 285 cm³/mol. The summed E-state index contributed by atoms with van der Waals surface area (Å²) in [5.41, 5.74) is 16.1. The largest absolute Gasteiger partial charge is 0.315 e. The number of aromatic nitrogens is 4. The highest BCUT2D eigenvalue weighted by atomic mass is 32.1. The van der Waals surface area contributed by atoms with Crippen LogP contribution in [0, 0.1) is 5.41 Å². The Kier molecular flexibility index (Phi) is 9.70. The fourth-order valence-electron chi connectivity index (χ4n) is 9.84. The van der Waals surface area contributed by atoms with Crippen LogP contribution in [0.15, 0.2) is 219 Å². The molecular formula is C62H46N4S. The van der Waals surface area contributed by atoms with Crippen LogP contribution in [0.2, 0.25) is 0 Å². The van der Waals surface area contributed by atoms with Crippen LogP contribution in [0.5, 0.6) is 0 Å². The van der Waals surface area contributed by atoms with Crippen LogP contribution in [-0.2, 0) is 0 Å². The summed E-state index contributed by atoms with van der Waals surface area (Å²) >= 11 is 1.76. The third kappa shape index (κ3) is 6.90. The number of benzene rings is 8. The smallest absolute Gasteiger partial charge is 0.160 e. The van der Waals surface area contributed by atoms with Gasteiger partial charge in [-0.05, 0) is 70.7 Å². The molecule has 5 heteroatoms. The van der Waals surface area contributed by atoms with E-state index in [-0.39, 0.29) is 5.41 Å². The third-order valence-corrected chi connectivity index (χ3v) is 14.3. The number of fused-ring (bicyclic) bond motifs is 7. The molecular weight excluding hydrogens is 833 g/mol. The van der Waals surface area contributed by atoms with Crippen LogP contribution in [-0.4, -0.2) is 19.1 Å².